The molecule has 1 aliphatic rings. The molecule has 0 radical (unpaired) electrons. The lowest BCUT2D eigenvalue weighted by Crippen LogP contribution is -2.38. The summed E-state index contributed by atoms with van der Waals surface area (Å²) in [5, 5.41) is 2.53. The molecule has 3 heteroatoms. The summed E-state index contributed by atoms with van der Waals surface area (Å²) in [4.78, 5) is 17.6. The van der Waals surface area contributed by atoms with Gasteiger partial charge in [-0.15, -0.1) is 6.58 Å². The molecule has 3 aromatic carbocycles. The fraction of sp³-hybridized carbons (Fsp3) is 0.296. The second kappa shape index (κ2) is 9.27. The Morgan fingerprint density at radius 1 is 1.07 bits per heavy atom. The van der Waals surface area contributed by atoms with E-state index in [-0.39, 0.29) is 18.0 Å². The predicted octanol–water partition coefficient (Wildman–Crippen LogP) is 5.23. The van der Waals surface area contributed by atoms with Crippen molar-refractivity contribution in [3.63, 3.8) is 0 Å². The highest BCUT2D eigenvalue weighted by Crippen LogP contribution is 2.36. The maximum absolute atomic E-state index is 13.3. The standard InChI is InChI=1S/C27H30N2O/c1-3-4-18-28(19-17-22-11-6-5-7-12-22)27(30)26-20-29(26)21(2)24-16-10-14-23-13-8-9-15-25(23)24/h3,5-16,21,26H,1,4,17-20H2,2H3/t21-,26?,29?/m0/s1. The molecular weight excluding hydrogens is 368 g/mol. The summed E-state index contributed by atoms with van der Waals surface area (Å²) in [5.74, 6) is 0.250. The number of amides is 1. The smallest absolute Gasteiger partial charge is 0.241 e. The molecule has 0 saturated carbocycles. The Labute approximate surface area is 179 Å². The first-order valence-electron chi connectivity index (χ1n) is 10.9. The van der Waals surface area contributed by atoms with E-state index in [4.69, 9.17) is 0 Å². The third kappa shape index (κ3) is 4.47. The van der Waals surface area contributed by atoms with Gasteiger partial charge in [0, 0.05) is 25.7 Å². The third-order valence-electron chi connectivity index (χ3n) is 6.13. The first-order valence-corrected chi connectivity index (χ1v) is 10.9. The number of hydrogen-bond donors (Lipinski definition) is 0. The van der Waals surface area contributed by atoms with Crippen molar-refractivity contribution in [2.75, 3.05) is 19.6 Å². The number of hydrogen-bond acceptors (Lipinski definition) is 2. The zero-order valence-corrected chi connectivity index (χ0v) is 17.7. The molecule has 0 spiro atoms. The SMILES string of the molecule is C=CCCN(CCc1ccccc1)C(=O)C1CN1[C@@H](C)c1cccc2ccccc12. The minimum atomic E-state index is -0.0143. The van der Waals surface area contributed by atoms with Crippen LogP contribution in [0.15, 0.2) is 85.5 Å². The van der Waals surface area contributed by atoms with Crippen LogP contribution in [0.2, 0.25) is 0 Å². The number of carbonyl (C=O) groups excluding carboxylic acids is 1. The van der Waals surface area contributed by atoms with Crippen LogP contribution in [-0.4, -0.2) is 41.4 Å². The van der Waals surface area contributed by atoms with Crippen LogP contribution < -0.4 is 0 Å². The molecular formula is C27H30N2O. The van der Waals surface area contributed by atoms with Crippen LogP contribution in [0.1, 0.15) is 30.5 Å². The molecule has 30 heavy (non-hydrogen) atoms. The van der Waals surface area contributed by atoms with Crippen molar-refractivity contribution in [1.29, 1.82) is 0 Å². The second-order valence-electron chi connectivity index (χ2n) is 8.10. The maximum Gasteiger partial charge on any atom is 0.241 e. The van der Waals surface area contributed by atoms with Crippen molar-refractivity contribution in [2.45, 2.75) is 31.8 Å². The van der Waals surface area contributed by atoms with Gasteiger partial charge < -0.3 is 4.90 Å². The van der Waals surface area contributed by atoms with Gasteiger partial charge in [0.05, 0.1) is 0 Å². The van der Waals surface area contributed by atoms with E-state index >= 15 is 0 Å². The Kier molecular flexibility index (Phi) is 6.29. The van der Waals surface area contributed by atoms with Crippen LogP contribution in [0.5, 0.6) is 0 Å². The minimum Gasteiger partial charge on any atom is -0.341 e. The van der Waals surface area contributed by atoms with Crippen LogP contribution in [0.25, 0.3) is 10.8 Å². The van der Waals surface area contributed by atoms with Crippen LogP contribution in [0.4, 0.5) is 0 Å². The van der Waals surface area contributed by atoms with E-state index < -0.39 is 0 Å². The van der Waals surface area contributed by atoms with Gasteiger partial charge in [0.2, 0.25) is 5.91 Å². The van der Waals surface area contributed by atoms with E-state index in [2.05, 4.69) is 85.1 Å². The van der Waals surface area contributed by atoms with Gasteiger partial charge in [-0.05, 0) is 41.7 Å². The fourth-order valence-electron chi connectivity index (χ4n) is 4.29. The van der Waals surface area contributed by atoms with Crippen LogP contribution >= 0.6 is 0 Å². The molecule has 0 aliphatic carbocycles. The lowest BCUT2D eigenvalue weighted by molar-refractivity contribution is -0.131. The van der Waals surface area contributed by atoms with E-state index in [1.165, 1.54) is 21.9 Å². The van der Waals surface area contributed by atoms with Gasteiger partial charge in [0.15, 0.2) is 0 Å². The topological polar surface area (TPSA) is 23.3 Å². The van der Waals surface area contributed by atoms with E-state index in [0.717, 1.165) is 32.5 Å². The molecule has 1 aliphatic heterocycles. The van der Waals surface area contributed by atoms with Crippen molar-refractivity contribution >= 4 is 16.7 Å². The third-order valence-corrected chi connectivity index (χ3v) is 6.13. The Hall–Kier alpha value is -2.91. The summed E-state index contributed by atoms with van der Waals surface area (Å²) in [7, 11) is 0. The van der Waals surface area contributed by atoms with Crippen LogP contribution in [0, 0.1) is 0 Å². The monoisotopic (exact) mass is 398 g/mol. The number of rotatable bonds is 9. The van der Waals surface area contributed by atoms with E-state index in [1.54, 1.807) is 0 Å². The maximum atomic E-state index is 13.3. The molecule has 0 bridgehead atoms. The average molecular weight is 399 g/mol. The quantitative estimate of drug-likeness (QED) is 0.364. The highest BCUT2D eigenvalue weighted by Gasteiger charge is 2.45. The van der Waals surface area contributed by atoms with Crippen molar-refractivity contribution in [3.8, 4) is 0 Å². The van der Waals surface area contributed by atoms with Gasteiger partial charge >= 0.3 is 0 Å². The van der Waals surface area contributed by atoms with Gasteiger partial charge in [-0.1, -0.05) is 78.9 Å². The zero-order chi connectivity index (χ0) is 20.9. The first-order chi connectivity index (χ1) is 14.7. The molecule has 1 saturated heterocycles. The summed E-state index contributed by atoms with van der Waals surface area (Å²) < 4.78 is 0. The van der Waals surface area contributed by atoms with Crippen LogP contribution in [0.3, 0.4) is 0 Å². The molecule has 2 unspecified atom stereocenters. The van der Waals surface area contributed by atoms with Crippen molar-refractivity contribution in [2.24, 2.45) is 0 Å². The summed E-state index contributed by atoms with van der Waals surface area (Å²) in [6, 6.07) is 25.5. The molecule has 4 rings (SSSR count). The molecule has 3 aromatic rings. The fourth-order valence-corrected chi connectivity index (χ4v) is 4.29. The molecule has 1 heterocycles. The van der Waals surface area contributed by atoms with Gasteiger partial charge in [0.25, 0.3) is 0 Å². The summed E-state index contributed by atoms with van der Waals surface area (Å²) in [5.41, 5.74) is 2.57. The predicted molar refractivity (Wildman–Crippen MR) is 124 cm³/mol. The summed E-state index contributed by atoms with van der Waals surface area (Å²) in [6.07, 6.45) is 3.60. The second-order valence-corrected chi connectivity index (χ2v) is 8.10. The Morgan fingerprint density at radius 2 is 1.80 bits per heavy atom. The summed E-state index contributed by atoms with van der Waals surface area (Å²) in [6.45, 7) is 8.37. The summed E-state index contributed by atoms with van der Waals surface area (Å²) >= 11 is 0. The Morgan fingerprint density at radius 3 is 2.60 bits per heavy atom. The largest absolute Gasteiger partial charge is 0.341 e. The number of fused-ring (bicyclic) bond motifs is 1. The highest BCUT2D eigenvalue weighted by molar-refractivity contribution is 5.87. The van der Waals surface area contributed by atoms with E-state index in [0.29, 0.717) is 0 Å². The molecule has 1 fully saturated rings. The normalized spacial score (nSPS) is 18.7. The highest BCUT2D eigenvalue weighted by atomic mass is 16.2. The molecule has 0 N–H and O–H groups in total. The first kappa shape index (κ1) is 20.4. The molecule has 154 valence electrons. The number of carbonyl (C=O) groups is 1. The molecule has 3 nitrogen and oxygen atoms in total. The molecule has 1 amide bonds. The van der Waals surface area contributed by atoms with Crippen molar-refractivity contribution in [3.05, 3.63) is 96.6 Å². The van der Waals surface area contributed by atoms with Gasteiger partial charge in [0.1, 0.15) is 6.04 Å². The van der Waals surface area contributed by atoms with E-state index in [1.807, 2.05) is 17.0 Å². The van der Waals surface area contributed by atoms with Gasteiger partial charge in [-0.25, -0.2) is 0 Å². The van der Waals surface area contributed by atoms with E-state index in [9.17, 15) is 4.79 Å². The molecule has 0 aromatic heterocycles. The van der Waals surface area contributed by atoms with Gasteiger partial charge in [-0.2, -0.15) is 0 Å². The lowest BCUT2D eigenvalue weighted by Gasteiger charge is -2.24. The van der Waals surface area contributed by atoms with Crippen LogP contribution in [-0.2, 0) is 11.2 Å². The number of nitrogens with zero attached hydrogens (tertiary/aromatic N) is 2. The van der Waals surface area contributed by atoms with Crippen molar-refractivity contribution < 1.29 is 4.79 Å². The number of benzene rings is 3. The lowest BCUT2D eigenvalue weighted by atomic mass is 9.99. The molecule has 3 atom stereocenters. The zero-order valence-electron chi connectivity index (χ0n) is 17.7. The van der Waals surface area contributed by atoms with Gasteiger partial charge in [-0.3, -0.25) is 9.69 Å². The minimum absolute atomic E-state index is 0.0143. The van der Waals surface area contributed by atoms with Crippen molar-refractivity contribution in [1.82, 2.24) is 9.80 Å². The Bertz CT molecular complexity index is 1010. The Balaban J connectivity index is 1.44. The average Bonchev–Trinajstić information content (AvgIpc) is 3.59.